The lowest BCUT2D eigenvalue weighted by Gasteiger charge is -2.36. The predicted octanol–water partition coefficient (Wildman–Crippen LogP) is 3.59. The zero-order valence-corrected chi connectivity index (χ0v) is 25.7. The van der Waals surface area contributed by atoms with E-state index in [1.165, 1.54) is 9.80 Å². The standard InChI is InChI=1S/C34H38ClN3O7/c1-3-5-15-27(40)44-21-24(22-11-7-6-8-12-22)36-31(41)28-26-16-17-34(45-26)29(28)32(42)38(19-20-39)30(34)33(43)37(18-4-2)25-14-10-9-13-23(25)35/h3-4,6-14,24,26,28-30,39H,1-2,5,15-21H2,(H,36,41)/t24-,26-,28+,29+,30-,34+/m0/s1. The largest absolute Gasteiger partial charge is 0.463 e. The van der Waals surface area contributed by atoms with Gasteiger partial charge in [0.2, 0.25) is 11.8 Å². The van der Waals surface area contributed by atoms with Crippen LogP contribution in [0.5, 0.6) is 0 Å². The lowest BCUT2D eigenvalue weighted by Crippen LogP contribution is -2.57. The van der Waals surface area contributed by atoms with Gasteiger partial charge in [-0.05, 0) is 37.0 Å². The number of nitrogens with zero attached hydrogens (tertiary/aromatic N) is 2. The molecule has 3 aliphatic heterocycles. The molecule has 0 aromatic heterocycles. The number of amides is 3. The normalized spacial score (nSPS) is 25.4. The number of benzene rings is 2. The van der Waals surface area contributed by atoms with Crippen LogP contribution in [0.2, 0.25) is 5.02 Å². The van der Waals surface area contributed by atoms with Crippen molar-refractivity contribution in [1.29, 1.82) is 0 Å². The molecule has 3 aliphatic rings. The fourth-order valence-electron chi connectivity index (χ4n) is 6.98. The maximum atomic E-state index is 14.4. The topological polar surface area (TPSA) is 125 Å². The summed E-state index contributed by atoms with van der Waals surface area (Å²) in [6.45, 7) is 6.97. The summed E-state index contributed by atoms with van der Waals surface area (Å²) < 4.78 is 12.0. The number of halogens is 1. The van der Waals surface area contributed by atoms with Crippen molar-refractivity contribution in [2.24, 2.45) is 11.8 Å². The molecule has 45 heavy (non-hydrogen) atoms. The lowest BCUT2D eigenvalue weighted by molar-refractivity contribution is -0.146. The molecule has 238 valence electrons. The van der Waals surface area contributed by atoms with E-state index < -0.39 is 59.3 Å². The second kappa shape index (κ2) is 14.0. The third kappa shape index (κ3) is 6.14. The molecule has 0 aliphatic carbocycles. The van der Waals surface area contributed by atoms with Gasteiger partial charge in [-0.3, -0.25) is 19.2 Å². The maximum absolute atomic E-state index is 14.4. The van der Waals surface area contributed by atoms with E-state index in [1.54, 1.807) is 36.4 Å². The first-order valence-electron chi connectivity index (χ1n) is 15.1. The number of hydrogen-bond acceptors (Lipinski definition) is 7. The van der Waals surface area contributed by atoms with Gasteiger partial charge < -0.3 is 29.7 Å². The number of fused-ring (bicyclic) bond motifs is 1. The van der Waals surface area contributed by atoms with Crippen molar-refractivity contribution in [3.63, 3.8) is 0 Å². The number of likely N-dealkylation sites (tertiary alicyclic amines) is 1. The van der Waals surface area contributed by atoms with Gasteiger partial charge in [-0.1, -0.05) is 66.2 Å². The fourth-order valence-corrected chi connectivity index (χ4v) is 7.22. The molecule has 1 spiro atoms. The Morgan fingerprint density at radius 3 is 2.58 bits per heavy atom. The van der Waals surface area contributed by atoms with Gasteiger partial charge >= 0.3 is 5.97 Å². The molecule has 0 unspecified atom stereocenters. The van der Waals surface area contributed by atoms with Gasteiger partial charge in [0.05, 0.1) is 41.3 Å². The summed E-state index contributed by atoms with van der Waals surface area (Å²) in [6, 6.07) is 14.3. The summed E-state index contributed by atoms with van der Waals surface area (Å²) in [7, 11) is 0. The van der Waals surface area contributed by atoms with Crippen molar-refractivity contribution in [3.05, 3.63) is 90.5 Å². The van der Waals surface area contributed by atoms with E-state index in [4.69, 9.17) is 21.1 Å². The van der Waals surface area contributed by atoms with Crippen molar-refractivity contribution < 1.29 is 33.8 Å². The monoisotopic (exact) mass is 635 g/mol. The van der Waals surface area contributed by atoms with Gasteiger partial charge in [0, 0.05) is 19.5 Å². The highest BCUT2D eigenvalue weighted by molar-refractivity contribution is 6.34. The molecule has 3 amide bonds. The molecule has 10 nitrogen and oxygen atoms in total. The molecule has 3 saturated heterocycles. The first-order chi connectivity index (χ1) is 21.8. The number of nitrogens with one attached hydrogen (secondary N) is 1. The van der Waals surface area contributed by atoms with Gasteiger partial charge in [-0.25, -0.2) is 0 Å². The van der Waals surface area contributed by atoms with Crippen LogP contribution in [0.3, 0.4) is 0 Å². The number of aliphatic hydroxyl groups is 1. The van der Waals surface area contributed by atoms with Crippen molar-refractivity contribution in [2.45, 2.75) is 49.5 Å². The van der Waals surface area contributed by atoms with Crippen LogP contribution in [0, 0.1) is 11.8 Å². The first-order valence-corrected chi connectivity index (χ1v) is 15.5. The summed E-state index contributed by atoms with van der Waals surface area (Å²) in [5, 5.41) is 13.3. The third-order valence-corrected chi connectivity index (χ3v) is 9.20. The average molecular weight is 636 g/mol. The first kappa shape index (κ1) is 32.4. The van der Waals surface area contributed by atoms with Crippen LogP contribution in [0.4, 0.5) is 5.69 Å². The smallest absolute Gasteiger partial charge is 0.306 e. The number of carbonyl (C=O) groups excluding carboxylic acids is 4. The molecule has 2 N–H and O–H groups in total. The number of hydrogen-bond donors (Lipinski definition) is 2. The van der Waals surface area contributed by atoms with E-state index in [9.17, 15) is 24.3 Å². The summed E-state index contributed by atoms with van der Waals surface area (Å²) in [5.74, 6) is -3.53. The summed E-state index contributed by atoms with van der Waals surface area (Å²) in [5.41, 5.74) is -0.0834. The molecule has 6 atom stereocenters. The van der Waals surface area contributed by atoms with Crippen molar-refractivity contribution in [1.82, 2.24) is 10.2 Å². The van der Waals surface area contributed by atoms with Crippen molar-refractivity contribution in [2.75, 3.05) is 31.2 Å². The Bertz CT molecular complexity index is 1450. The Balaban J connectivity index is 1.44. The summed E-state index contributed by atoms with van der Waals surface area (Å²) >= 11 is 6.49. The van der Waals surface area contributed by atoms with E-state index in [1.807, 2.05) is 30.3 Å². The minimum Gasteiger partial charge on any atom is -0.463 e. The van der Waals surface area contributed by atoms with Crippen LogP contribution < -0.4 is 10.2 Å². The Hall–Kier alpha value is -3.99. The second-order valence-electron chi connectivity index (χ2n) is 11.5. The molecular formula is C34H38ClN3O7. The SMILES string of the molecule is C=CCCC(=O)OC[C@H](NC(=O)[C@@H]1[C@@H]2CC[C@]3(O2)[C@H](C(=O)N(CC=C)c2ccccc2Cl)N(CCO)C(=O)[C@@H]13)c1ccccc1. The highest BCUT2D eigenvalue weighted by Crippen LogP contribution is 2.58. The molecule has 0 saturated carbocycles. The van der Waals surface area contributed by atoms with Gasteiger partial charge in [-0.2, -0.15) is 0 Å². The highest BCUT2D eigenvalue weighted by atomic mass is 35.5. The number of allylic oxidation sites excluding steroid dienone is 1. The number of aliphatic hydroxyl groups excluding tert-OH is 1. The lowest BCUT2D eigenvalue weighted by atomic mass is 9.70. The van der Waals surface area contributed by atoms with Crippen LogP contribution in [0.1, 0.15) is 37.3 Å². The molecule has 2 aromatic carbocycles. The van der Waals surface area contributed by atoms with E-state index in [0.717, 1.165) is 5.56 Å². The van der Waals surface area contributed by atoms with Crippen molar-refractivity contribution >= 4 is 41.0 Å². The molecule has 5 rings (SSSR count). The molecule has 3 fully saturated rings. The minimum absolute atomic E-state index is 0.0974. The molecule has 0 radical (unpaired) electrons. The van der Waals surface area contributed by atoms with Crippen LogP contribution in [-0.4, -0.2) is 77.7 Å². The number of anilines is 1. The van der Waals surface area contributed by atoms with Crippen LogP contribution >= 0.6 is 11.6 Å². The molecule has 3 heterocycles. The van der Waals surface area contributed by atoms with Gasteiger partial charge in [0.15, 0.2) is 0 Å². The van der Waals surface area contributed by atoms with Crippen LogP contribution in [-0.2, 0) is 28.7 Å². The van der Waals surface area contributed by atoms with Gasteiger partial charge in [0.25, 0.3) is 5.91 Å². The van der Waals surface area contributed by atoms with E-state index in [2.05, 4.69) is 18.5 Å². The zero-order chi connectivity index (χ0) is 32.1. The van der Waals surface area contributed by atoms with Gasteiger partial charge in [0.1, 0.15) is 18.2 Å². The molecule has 2 bridgehead atoms. The summed E-state index contributed by atoms with van der Waals surface area (Å²) in [4.78, 5) is 57.7. The molecule has 2 aromatic rings. The van der Waals surface area contributed by atoms with E-state index >= 15 is 0 Å². The maximum Gasteiger partial charge on any atom is 0.306 e. The number of β-amino-alcohol motifs (C(OH)–C–C–N with tert-alkyl or cyclic N) is 1. The predicted molar refractivity (Wildman–Crippen MR) is 168 cm³/mol. The van der Waals surface area contributed by atoms with Gasteiger partial charge in [-0.15, -0.1) is 13.2 Å². The van der Waals surface area contributed by atoms with Crippen LogP contribution in [0.15, 0.2) is 79.9 Å². The average Bonchev–Trinajstić information content (AvgIpc) is 3.69. The number of rotatable bonds is 14. The summed E-state index contributed by atoms with van der Waals surface area (Å²) in [6.07, 6.45) is 4.11. The Kier molecular flexibility index (Phi) is 10.1. The number of ether oxygens (including phenoxy) is 2. The van der Waals surface area contributed by atoms with E-state index in [0.29, 0.717) is 30.0 Å². The number of esters is 1. The van der Waals surface area contributed by atoms with E-state index in [-0.39, 0.29) is 32.7 Å². The number of carbonyl (C=O) groups is 4. The number of para-hydroxylation sites is 1. The fraction of sp³-hybridized carbons (Fsp3) is 0.412. The quantitative estimate of drug-likeness (QED) is 0.240. The second-order valence-corrected chi connectivity index (χ2v) is 11.9. The zero-order valence-electron chi connectivity index (χ0n) is 25.0. The Labute approximate surface area is 267 Å². The van der Waals surface area contributed by atoms with Crippen LogP contribution in [0.25, 0.3) is 0 Å². The molecule has 11 heteroatoms. The Morgan fingerprint density at radius 2 is 1.89 bits per heavy atom. The highest BCUT2D eigenvalue weighted by Gasteiger charge is 2.74. The van der Waals surface area contributed by atoms with Crippen molar-refractivity contribution in [3.8, 4) is 0 Å². The Morgan fingerprint density at radius 1 is 1.16 bits per heavy atom. The third-order valence-electron chi connectivity index (χ3n) is 8.88. The molecular weight excluding hydrogens is 598 g/mol. The minimum atomic E-state index is -1.27.